The Bertz CT molecular complexity index is 778. The molecule has 2 N–H and O–H groups in total. The minimum Gasteiger partial charge on any atom is -0.338 e. The molecule has 1 atom stereocenters. The topological polar surface area (TPSA) is 81.1 Å². The maximum atomic E-state index is 8.74. The summed E-state index contributed by atoms with van der Waals surface area (Å²) in [7, 11) is -0.387. The van der Waals surface area contributed by atoms with Crippen LogP contribution in [0.4, 0.5) is 11.4 Å². The molecule has 0 saturated heterocycles. The van der Waals surface area contributed by atoms with Crippen LogP contribution in [0.5, 0.6) is 0 Å². The molecule has 0 amide bonds. The first-order chi connectivity index (χ1) is 11.7. The van der Waals surface area contributed by atoms with Crippen molar-refractivity contribution >= 4 is 45.9 Å². The van der Waals surface area contributed by atoms with E-state index in [-0.39, 0.29) is 12.4 Å². The molecule has 2 aromatic rings. The number of para-hydroxylation sites is 2. The van der Waals surface area contributed by atoms with Gasteiger partial charge in [0, 0.05) is 22.4 Å². The molecule has 0 spiro atoms. The van der Waals surface area contributed by atoms with Crippen LogP contribution in [0, 0.1) is 0 Å². The van der Waals surface area contributed by atoms with Crippen LogP contribution < -0.4 is 4.90 Å². The standard InChI is InChI=1S/C17H20N2S.ClH.H2O4S/c1-13(18(2)3)12-19-14-8-4-6-10-16(14)20-17-11-7-5-9-15(17)19;;1-5(2,3)4/h4-11,13H,12H2,1-3H3;1H;(H2,1,2,3,4). The molecule has 2 aromatic carbocycles. The van der Waals surface area contributed by atoms with Crippen LogP contribution in [0.3, 0.4) is 0 Å². The SMILES string of the molecule is CC(CN1c2ccccc2Sc2ccccc21)N(C)C.Cl.O=S(=O)(O)O. The van der Waals surface area contributed by atoms with Crippen LogP contribution in [0.1, 0.15) is 6.92 Å². The fourth-order valence-corrected chi connectivity index (χ4v) is 3.50. The predicted octanol–water partition coefficient (Wildman–Crippen LogP) is 4.01. The molecule has 0 aromatic heterocycles. The molecule has 0 radical (unpaired) electrons. The molecular weight excluding hydrogens is 396 g/mol. The van der Waals surface area contributed by atoms with E-state index >= 15 is 0 Å². The maximum absolute atomic E-state index is 8.74. The van der Waals surface area contributed by atoms with Gasteiger partial charge in [0.15, 0.2) is 0 Å². The summed E-state index contributed by atoms with van der Waals surface area (Å²) >= 11 is 1.87. The van der Waals surface area contributed by atoms with Crippen LogP contribution in [0.15, 0.2) is 58.3 Å². The van der Waals surface area contributed by atoms with E-state index in [1.54, 1.807) is 0 Å². The lowest BCUT2D eigenvalue weighted by Gasteiger charge is -2.36. The van der Waals surface area contributed by atoms with Crippen molar-refractivity contribution in [2.45, 2.75) is 22.8 Å². The molecule has 1 aliphatic rings. The number of hydrogen-bond donors (Lipinski definition) is 2. The maximum Gasteiger partial charge on any atom is 0.394 e. The minimum absolute atomic E-state index is 0. The number of fused-ring (bicyclic) bond motifs is 2. The molecule has 1 unspecified atom stereocenters. The number of rotatable bonds is 3. The van der Waals surface area contributed by atoms with Gasteiger partial charge in [-0.15, -0.1) is 12.4 Å². The summed E-state index contributed by atoms with van der Waals surface area (Å²) in [6, 6.07) is 17.9. The average Bonchev–Trinajstić information content (AvgIpc) is 2.52. The lowest BCUT2D eigenvalue weighted by Crippen LogP contribution is -2.37. The normalized spacial score (nSPS) is 13.7. The Kier molecular flexibility index (Phi) is 8.39. The molecule has 0 saturated carbocycles. The summed E-state index contributed by atoms with van der Waals surface area (Å²) in [4.78, 5) is 7.41. The Morgan fingerprint density at radius 3 is 1.77 bits per heavy atom. The van der Waals surface area contributed by atoms with Crippen molar-refractivity contribution in [3.8, 4) is 0 Å². The Balaban J connectivity index is 0.000000501. The number of nitrogens with zero attached hydrogens (tertiary/aromatic N) is 2. The van der Waals surface area contributed by atoms with Gasteiger partial charge < -0.3 is 9.80 Å². The third-order valence-corrected chi connectivity index (χ3v) is 4.99. The van der Waals surface area contributed by atoms with Crippen molar-refractivity contribution in [2.24, 2.45) is 0 Å². The molecule has 3 rings (SSSR count). The van der Waals surface area contributed by atoms with Gasteiger partial charge in [0.05, 0.1) is 11.4 Å². The quantitative estimate of drug-likeness (QED) is 0.729. The van der Waals surface area contributed by atoms with E-state index in [2.05, 4.69) is 79.3 Å². The highest BCUT2D eigenvalue weighted by atomic mass is 35.5. The Morgan fingerprint density at radius 2 is 1.38 bits per heavy atom. The zero-order valence-corrected chi connectivity index (χ0v) is 17.2. The number of benzene rings is 2. The minimum atomic E-state index is -4.67. The first-order valence-electron chi connectivity index (χ1n) is 7.66. The van der Waals surface area contributed by atoms with Gasteiger partial charge in [0.1, 0.15) is 0 Å². The summed E-state index contributed by atoms with van der Waals surface area (Å²) < 4.78 is 31.6. The zero-order valence-electron chi connectivity index (χ0n) is 14.7. The van der Waals surface area contributed by atoms with Gasteiger partial charge in [-0.05, 0) is 45.3 Å². The van der Waals surface area contributed by atoms with Crippen molar-refractivity contribution in [3.63, 3.8) is 0 Å². The molecule has 1 aliphatic heterocycles. The monoisotopic (exact) mass is 418 g/mol. The van der Waals surface area contributed by atoms with Gasteiger partial charge in [0.2, 0.25) is 0 Å². The van der Waals surface area contributed by atoms with Crippen LogP contribution in [-0.2, 0) is 10.4 Å². The Hall–Kier alpha value is -1.29. The van der Waals surface area contributed by atoms with Crippen molar-refractivity contribution in [1.29, 1.82) is 0 Å². The lowest BCUT2D eigenvalue weighted by atomic mass is 10.2. The summed E-state index contributed by atoms with van der Waals surface area (Å²) in [6.07, 6.45) is 0. The highest BCUT2D eigenvalue weighted by Crippen LogP contribution is 2.47. The van der Waals surface area contributed by atoms with Gasteiger partial charge in [-0.1, -0.05) is 36.0 Å². The van der Waals surface area contributed by atoms with Crippen molar-refractivity contribution in [1.82, 2.24) is 4.90 Å². The van der Waals surface area contributed by atoms with E-state index < -0.39 is 10.4 Å². The molecule has 0 fully saturated rings. The molecule has 144 valence electrons. The number of anilines is 2. The van der Waals surface area contributed by atoms with Crippen LogP contribution in [0.25, 0.3) is 0 Å². The van der Waals surface area contributed by atoms with E-state index in [0.717, 1.165) is 6.54 Å². The highest BCUT2D eigenvalue weighted by molar-refractivity contribution is 7.99. The van der Waals surface area contributed by atoms with Gasteiger partial charge in [-0.2, -0.15) is 8.42 Å². The fourth-order valence-electron chi connectivity index (χ4n) is 2.41. The van der Waals surface area contributed by atoms with Crippen LogP contribution in [-0.4, -0.2) is 49.1 Å². The number of likely N-dealkylation sites (N-methyl/N-ethyl adjacent to an activating group) is 1. The predicted molar refractivity (Wildman–Crippen MR) is 109 cm³/mol. The van der Waals surface area contributed by atoms with Crippen molar-refractivity contribution < 1.29 is 17.5 Å². The Labute approximate surface area is 165 Å². The summed E-state index contributed by atoms with van der Waals surface area (Å²) in [6.45, 7) is 3.27. The third kappa shape index (κ3) is 6.46. The van der Waals surface area contributed by atoms with E-state index in [9.17, 15) is 0 Å². The number of halogens is 1. The van der Waals surface area contributed by atoms with Gasteiger partial charge in [0.25, 0.3) is 0 Å². The second-order valence-electron chi connectivity index (χ2n) is 5.91. The van der Waals surface area contributed by atoms with E-state index in [4.69, 9.17) is 17.5 Å². The third-order valence-electron chi connectivity index (χ3n) is 3.86. The van der Waals surface area contributed by atoms with Gasteiger partial charge in [-0.25, -0.2) is 0 Å². The van der Waals surface area contributed by atoms with E-state index in [1.165, 1.54) is 21.2 Å². The second-order valence-corrected chi connectivity index (χ2v) is 7.89. The zero-order chi connectivity index (χ0) is 18.6. The first-order valence-corrected chi connectivity index (χ1v) is 9.88. The Morgan fingerprint density at radius 1 is 1.00 bits per heavy atom. The largest absolute Gasteiger partial charge is 0.394 e. The van der Waals surface area contributed by atoms with Gasteiger partial charge >= 0.3 is 10.4 Å². The van der Waals surface area contributed by atoms with Crippen LogP contribution in [0.2, 0.25) is 0 Å². The summed E-state index contributed by atoms with van der Waals surface area (Å²) in [5.74, 6) is 0. The van der Waals surface area contributed by atoms with Crippen molar-refractivity contribution in [2.75, 3.05) is 25.5 Å². The molecule has 0 aliphatic carbocycles. The fraction of sp³-hybridized carbons (Fsp3) is 0.294. The molecular formula is C17H23ClN2O4S2. The summed E-state index contributed by atoms with van der Waals surface area (Å²) in [5.41, 5.74) is 2.65. The highest BCUT2D eigenvalue weighted by Gasteiger charge is 2.24. The smallest absolute Gasteiger partial charge is 0.338 e. The molecule has 6 nitrogen and oxygen atoms in total. The van der Waals surface area contributed by atoms with Crippen LogP contribution >= 0.6 is 24.2 Å². The molecule has 1 heterocycles. The second kappa shape index (κ2) is 9.59. The lowest BCUT2D eigenvalue weighted by molar-refractivity contribution is 0.319. The summed E-state index contributed by atoms with van der Waals surface area (Å²) in [5, 5.41) is 0. The van der Waals surface area contributed by atoms with E-state index in [0.29, 0.717) is 6.04 Å². The van der Waals surface area contributed by atoms with Crippen molar-refractivity contribution in [3.05, 3.63) is 48.5 Å². The van der Waals surface area contributed by atoms with E-state index in [1.807, 2.05) is 11.8 Å². The van der Waals surface area contributed by atoms with Gasteiger partial charge in [-0.3, -0.25) is 9.11 Å². The molecule has 9 heteroatoms. The average molecular weight is 419 g/mol. The molecule has 26 heavy (non-hydrogen) atoms. The number of hydrogen-bond acceptors (Lipinski definition) is 5. The molecule has 0 bridgehead atoms. The first kappa shape index (κ1) is 22.8.